The van der Waals surface area contributed by atoms with Gasteiger partial charge in [0.05, 0.1) is 16.6 Å². The number of thiophene rings is 1. The van der Waals surface area contributed by atoms with Gasteiger partial charge in [0.15, 0.2) is 0 Å². The molecule has 2 aromatic rings. The van der Waals surface area contributed by atoms with E-state index in [-0.39, 0.29) is 23.9 Å². The van der Waals surface area contributed by atoms with Crippen molar-refractivity contribution in [2.45, 2.75) is 38.9 Å². The number of rotatable bonds is 6. The van der Waals surface area contributed by atoms with E-state index in [0.29, 0.717) is 30.9 Å². The summed E-state index contributed by atoms with van der Waals surface area (Å²) in [5.74, 6) is -0.0606. The first-order valence-corrected chi connectivity index (χ1v) is 9.67. The Labute approximate surface area is 157 Å². The quantitative estimate of drug-likeness (QED) is 0.813. The van der Waals surface area contributed by atoms with Gasteiger partial charge in [-0.2, -0.15) is 0 Å². The molecule has 6 nitrogen and oxygen atoms in total. The van der Waals surface area contributed by atoms with Crippen LogP contribution in [0.2, 0.25) is 0 Å². The molecule has 26 heavy (non-hydrogen) atoms. The lowest BCUT2D eigenvalue weighted by atomic mass is 10.1. The number of nitrogens with zero attached hydrogens (tertiary/aromatic N) is 2. The molecule has 7 heteroatoms. The van der Waals surface area contributed by atoms with Crippen LogP contribution in [-0.2, 0) is 11.3 Å². The largest absolute Gasteiger partial charge is 0.355 e. The van der Waals surface area contributed by atoms with E-state index in [1.165, 1.54) is 11.3 Å². The Morgan fingerprint density at radius 2 is 2.15 bits per heavy atom. The van der Waals surface area contributed by atoms with Crippen LogP contribution in [0.1, 0.15) is 33.6 Å². The zero-order valence-electron chi connectivity index (χ0n) is 15.1. The highest BCUT2D eigenvalue weighted by atomic mass is 32.1. The molecule has 0 saturated carbocycles. The molecule has 0 unspecified atom stereocenters. The fraction of sp³-hybridized carbons (Fsp3) is 0.421. The number of hydrogen-bond donors (Lipinski definition) is 2. The van der Waals surface area contributed by atoms with Crippen LogP contribution >= 0.6 is 11.3 Å². The predicted molar refractivity (Wildman–Crippen MR) is 102 cm³/mol. The van der Waals surface area contributed by atoms with Gasteiger partial charge >= 0.3 is 0 Å². The van der Waals surface area contributed by atoms with Crippen molar-refractivity contribution >= 4 is 23.2 Å². The van der Waals surface area contributed by atoms with Gasteiger partial charge in [-0.1, -0.05) is 6.07 Å². The zero-order chi connectivity index (χ0) is 18.5. The summed E-state index contributed by atoms with van der Waals surface area (Å²) in [5.41, 5.74) is 0.919. The van der Waals surface area contributed by atoms with Gasteiger partial charge in [-0.3, -0.25) is 19.5 Å². The maximum absolute atomic E-state index is 12.5. The maximum Gasteiger partial charge on any atom is 0.261 e. The molecular weight excluding hydrogens is 348 g/mol. The molecule has 2 amide bonds. The van der Waals surface area contributed by atoms with Crippen LogP contribution in [0.3, 0.4) is 0 Å². The zero-order valence-corrected chi connectivity index (χ0v) is 15.9. The third-order valence-corrected chi connectivity index (χ3v) is 5.45. The van der Waals surface area contributed by atoms with Crippen molar-refractivity contribution in [1.29, 1.82) is 0 Å². The maximum atomic E-state index is 12.5. The van der Waals surface area contributed by atoms with E-state index in [2.05, 4.69) is 20.5 Å². The second kappa shape index (κ2) is 8.42. The first-order chi connectivity index (χ1) is 12.6. The van der Waals surface area contributed by atoms with Crippen LogP contribution < -0.4 is 10.6 Å². The van der Waals surface area contributed by atoms with E-state index in [9.17, 15) is 9.59 Å². The summed E-state index contributed by atoms with van der Waals surface area (Å²) in [4.78, 5) is 33.2. The smallest absolute Gasteiger partial charge is 0.261 e. The highest BCUT2D eigenvalue weighted by Gasteiger charge is 2.37. The summed E-state index contributed by atoms with van der Waals surface area (Å²) in [6.45, 7) is 5.71. The molecule has 138 valence electrons. The number of carbonyl (C=O) groups is 2. The van der Waals surface area contributed by atoms with Crippen LogP contribution in [0.15, 0.2) is 36.5 Å². The van der Waals surface area contributed by atoms with Gasteiger partial charge < -0.3 is 10.6 Å². The van der Waals surface area contributed by atoms with Crippen molar-refractivity contribution in [3.05, 3.63) is 52.0 Å². The monoisotopic (exact) mass is 372 g/mol. The number of pyridine rings is 1. The topological polar surface area (TPSA) is 74.3 Å². The van der Waals surface area contributed by atoms with E-state index in [1.807, 2.05) is 44.2 Å². The molecular formula is C19H24N4O2S. The molecule has 0 radical (unpaired) electrons. The molecule has 0 spiro atoms. The first-order valence-electron chi connectivity index (χ1n) is 8.85. The number of amides is 2. The molecule has 0 aromatic carbocycles. The van der Waals surface area contributed by atoms with Crippen molar-refractivity contribution in [3.8, 4) is 0 Å². The summed E-state index contributed by atoms with van der Waals surface area (Å²) >= 11 is 1.48. The summed E-state index contributed by atoms with van der Waals surface area (Å²) in [6.07, 6.45) is 2.36. The standard InChI is InChI=1S/C19H24N4O2S/c1-3-20-18(24)16-10-15(22-19(25)17-8-7-13(2)26-17)12-23(16)11-14-6-4-5-9-21-14/h4-9,15-16H,3,10-12H2,1-2H3,(H,20,24)(H,22,25)/t15-,16+/m1/s1. The molecule has 3 heterocycles. The highest BCUT2D eigenvalue weighted by Crippen LogP contribution is 2.22. The average molecular weight is 372 g/mol. The molecule has 1 aliphatic rings. The number of aryl methyl sites for hydroxylation is 1. The molecule has 1 aliphatic heterocycles. The Balaban J connectivity index is 1.68. The second-order valence-electron chi connectivity index (χ2n) is 6.48. The number of nitrogens with one attached hydrogen (secondary N) is 2. The number of aromatic nitrogens is 1. The molecule has 2 aromatic heterocycles. The van der Waals surface area contributed by atoms with Gasteiger partial charge in [0.2, 0.25) is 5.91 Å². The SMILES string of the molecule is CCNC(=O)[C@@H]1C[C@@H](NC(=O)c2ccc(C)s2)CN1Cc1ccccn1. The van der Waals surface area contributed by atoms with Gasteiger partial charge in [0, 0.05) is 36.8 Å². The average Bonchev–Trinajstić information content (AvgIpc) is 3.22. The third kappa shape index (κ3) is 4.47. The molecule has 0 bridgehead atoms. The lowest BCUT2D eigenvalue weighted by molar-refractivity contribution is -0.125. The van der Waals surface area contributed by atoms with Crippen molar-refractivity contribution < 1.29 is 9.59 Å². The Morgan fingerprint density at radius 3 is 2.81 bits per heavy atom. The third-order valence-electron chi connectivity index (χ3n) is 4.45. The molecule has 2 atom stereocenters. The molecule has 1 fully saturated rings. The van der Waals surface area contributed by atoms with Crippen LogP contribution in [0.5, 0.6) is 0 Å². The highest BCUT2D eigenvalue weighted by molar-refractivity contribution is 7.13. The van der Waals surface area contributed by atoms with E-state index in [1.54, 1.807) is 6.20 Å². The van der Waals surface area contributed by atoms with E-state index >= 15 is 0 Å². The summed E-state index contributed by atoms with van der Waals surface area (Å²) in [7, 11) is 0. The van der Waals surface area contributed by atoms with Crippen LogP contribution in [0.4, 0.5) is 0 Å². The molecule has 2 N–H and O–H groups in total. The van der Waals surface area contributed by atoms with E-state index in [4.69, 9.17) is 0 Å². The van der Waals surface area contributed by atoms with E-state index < -0.39 is 0 Å². The lowest BCUT2D eigenvalue weighted by Gasteiger charge is -2.22. The van der Waals surface area contributed by atoms with Gasteiger partial charge in [0.1, 0.15) is 0 Å². The van der Waals surface area contributed by atoms with Crippen LogP contribution in [0, 0.1) is 6.92 Å². The fourth-order valence-electron chi connectivity index (χ4n) is 3.26. The number of carbonyl (C=O) groups excluding carboxylic acids is 2. The van der Waals surface area contributed by atoms with Gasteiger partial charge in [0.25, 0.3) is 5.91 Å². The van der Waals surface area contributed by atoms with Crippen molar-refractivity contribution in [2.24, 2.45) is 0 Å². The molecule has 0 aliphatic carbocycles. The predicted octanol–water partition coefficient (Wildman–Crippen LogP) is 1.96. The Kier molecular flexibility index (Phi) is 6.00. The minimum Gasteiger partial charge on any atom is -0.355 e. The van der Waals surface area contributed by atoms with E-state index in [0.717, 1.165) is 10.6 Å². The number of hydrogen-bond acceptors (Lipinski definition) is 5. The molecule has 1 saturated heterocycles. The summed E-state index contributed by atoms with van der Waals surface area (Å²) in [5, 5.41) is 5.98. The summed E-state index contributed by atoms with van der Waals surface area (Å²) in [6, 6.07) is 9.25. The van der Waals surface area contributed by atoms with Gasteiger partial charge in [-0.05, 0) is 44.5 Å². The van der Waals surface area contributed by atoms with Crippen molar-refractivity contribution in [3.63, 3.8) is 0 Å². The fourth-order valence-corrected chi connectivity index (χ4v) is 4.03. The number of likely N-dealkylation sites (tertiary alicyclic amines) is 1. The van der Waals surface area contributed by atoms with Gasteiger partial charge in [-0.15, -0.1) is 11.3 Å². The lowest BCUT2D eigenvalue weighted by Crippen LogP contribution is -2.42. The van der Waals surface area contributed by atoms with Crippen LogP contribution in [-0.4, -0.2) is 46.9 Å². The van der Waals surface area contributed by atoms with Crippen molar-refractivity contribution in [2.75, 3.05) is 13.1 Å². The first kappa shape index (κ1) is 18.5. The Hall–Kier alpha value is -2.25. The van der Waals surface area contributed by atoms with Crippen LogP contribution in [0.25, 0.3) is 0 Å². The normalized spacial score (nSPS) is 20.1. The summed E-state index contributed by atoms with van der Waals surface area (Å²) < 4.78 is 0. The Bertz CT molecular complexity index is 762. The Morgan fingerprint density at radius 1 is 1.31 bits per heavy atom. The minimum absolute atomic E-state index is 0.00662. The molecule has 3 rings (SSSR count). The minimum atomic E-state index is -0.257. The number of likely N-dealkylation sites (N-methyl/N-ethyl adjacent to an activating group) is 1. The second-order valence-corrected chi connectivity index (χ2v) is 7.77. The van der Waals surface area contributed by atoms with Gasteiger partial charge in [-0.25, -0.2) is 0 Å². The van der Waals surface area contributed by atoms with Crippen molar-refractivity contribution in [1.82, 2.24) is 20.5 Å².